The first-order valence-corrected chi connectivity index (χ1v) is 6.30. The predicted octanol–water partition coefficient (Wildman–Crippen LogP) is 3.06. The molecule has 112 valence electrons. The maximum Gasteiger partial charge on any atom is 0.416 e. The van der Waals surface area contributed by atoms with Crippen molar-refractivity contribution in [1.82, 2.24) is 10.5 Å². The van der Waals surface area contributed by atoms with Crippen LogP contribution in [-0.2, 0) is 12.6 Å². The van der Waals surface area contributed by atoms with Crippen LogP contribution < -0.4 is 5.32 Å². The summed E-state index contributed by atoms with van der Waals surface area (Å²) in [5, 5.41) is 6.13. The van der Waals surface area contributed by atoms with E-state index in [0.717, 1.165) is 17.7 Å². The van der Waals surface area contributed by atoms with Crippen molar-refractivity contribution in [2.24, 2.45) is 0 Å². The minimum Gasteiger partial charge on any atom is -0.364 e. The average molecular weight is 298 g/mol. The van der Waals surface area contributed by atoms with Crippen molar-refractivity contribution in [2.75, 3.05) is 6.54 Å². The Morgan fingerprint density at radius 2 is 2.14 bits per heavy atom. The molecule has 0 fully saturated rings. The van der Waals surface area contributed by atoms with Gasteiger partial charge in [0.1, 0.15) is 6.26 Å². The second kappa shape index (κ2) is 6.43. The molecule has 1 aromatic heterocycles. The monoisotopic (exact) mass is 298 g/mol. The smallest absolute Gasteiger partial charge is 0.364 e. The first kappa shape index (κ1) is 15.1. The highest BCUT2D eigenvalue weighted by Gasteiger charge is 2.30. The summed E-state index contributed by atoms with van der Waals surface area (Å²) in [6.07, 6.45) is -0.0495. The second-order valence-electron chi connectivity index (χ2n) is 4.47. The van der Waals surface area contributed by atoms with Gasteiger partial charge in [-0.15, -0.1) is 0 Å². The summed E-state index contributed by atoms with van der Waals surface area (Å²) >= 11 is 0. The third-order valence-electron chi connectivity index (χ3n) is 2.86. The molecule has 1 amide bonds. The number of nitrogens with zero attached hydrogens (tertiary/aromatic N) is 1. The lowest BCUT2D eigenvalue weighted by Crippen LogP contribution is -2.25. The van der Waals surface area contributed by atoms with Crippen LogP contribution in [0.15, 0.2) is 41.2 Å². The molecule has 1 heterocycles. The van der Waals surface area contributed by atoms with Crippen LogP contribution in [0.5, 0.6) is 0 Å². The van der Waals surface area contributed by atoms with E-state index in [0.29, 0.717) is 19.4 Å². The molecule has 0 aliphatic rings. The number of benzene rings is 1. The van der Waals surface area contributed by atoms with Crippen molar-refractivity contribution in [3.63, 3.8) is 0 Å². The molecule has 0 bridgehead atoms. The van der Waals surface area contributed by atoms with Gasteiger partial charge in [0.2, 0.25) is 0 Å². The SMILES string of the molecule is O=C(NCCCc1cnoc1)c1cccc(C(F)(F)F)c1. The fourth-order valence-electron chi connectivity index (χ4n) is 1.78. The van der Waals surface area contributed by atoms with Crippen molar-refractivity contribution >= 4 is 5.91 Å². The summed E-state index contributed by atoms with van der Waals surface area (Å²) in [6, 6.07) is 4.34. The molecule has 0 spiro atoms. The van der Waals surface area contributed by atoms with Crippen LogP contribution >= 0.6 is 0 Å². The van der Waals surface area contributed by atoms with E-state index in [4.69, 9.17) is 0 Å². The van der Waals surface area contributed by atoms with Gasteiger partial charge in [-0.2, -0.15) is 13.2 Å². The highest BCUT2D eigenvalue weighted by atomic mass is 19.4. The largest absolute Gasteiger partial charge is 0.416 e. The van der Waals surface area contributed by atoms with E-state index >= 15 is 0 Å². The highest BCUT2D eigenvalue weighted by molar-refractivity contribution is 5.94. The number of carbonyl (C=O) groups is 1. The zero-order chi connectivity index (χ0) is 15.3. The third-order valence-corrected chi connectivity index (χ3v) is 2.86. The van der Waals surface area contributed by atoms with E-state index in [-0.39, 0.29) is 5.56 Å². The normalized spacial score (nSPS) is 11.4. The van der Waals surface area contributed by atoms with Crippen molar-refractivity contribution in [1.29, 1.82) is 0 Å². The Kier molecular flexibility index (Phi) is 4.62. The molecule has 1 N–H and O–H groups in total. The van der Waals surface area contributed by atoms with E-state index in [1.807, 2.05) is 0 Å². The van der Waals surface area contributed by atoms with Gasteiger partial charge in [-0.3, -0.25) is 4.79 Å². The number of amides is 1. The van der Waals surface area contributed by atoms with Gasteiger partial charge >= 0.3 is 6.18 Å². The number of carbonyl (C=O) groups excluding carboxylic acids is 1. The molecule has 0 saturated carbocycles. The van der Waals surface area contributed by atoms with Crippen LogP contribution in [0.2, 0.25) is 0 Å². The molecular weight excluding hydrogens is 285 g/mol. The lowest BCUT2D eigenvalue weighted by molar-refractivity contribution is -0.137. The lowest BCUT2D eigenvalue weighted by atomic mass is 10.1. The van der Waals surface area contributed by atoms with Crippen LogP contribution in [0.25, 0.3) is 0 Å². The number of alkyl halides is 3. The predicted molar refractivity (Wildman–Crippen MR) is 68.6 cm³/mol. The van der Waals surface area contributed by atoms with Crippen molar-refractivity contribution in [2.45, 2.75) is 19.0 Å². The van der Waals surface area contributed by atoms with Gasteiger partial charge in [0, 0.05) is 17.7 Å². The Bertz CT molecular complexity index is 595. The number of aryl methyl sites for hydroxylation is 1. The molecular formula is C14H13F3N2O2. The molecule has 0 radical (unpaired) electrons. The Balaban J connectivity index is 1.85. The molecule has 2 rings (SSSR count). The minimum absolute atomic E-state index is 0.00481. The maximum absolute atomic E-state index is 12.5. The topological polar surface area (TPSA) is 55.1 Å². The molecule has 0 saturated heterocycles. The lowest BCUT2D eigenvalue weighted by Gasteiger charge is -2.09. The summed E-state index contributed by atoms with van der Waals surface area (Å²) in [5.74, 6) is -0.522. The number of hydrogen-bond acceptors (Lipinski definition) is 3. The molecule has 0 unspecified atom stereocenters. The van der Waals surface area contributed by atoms with E-state index in [2.05, 4.69) is 15.0 Å². The molecule has 0 aliphatic heterocycles. The number of halogens is 3. The first-order chi connectivity index (χ1) is 9.97. The maximum atomic E-state index is 12.5. The first-order valence-electron chi connectivity index (χ1n) is 6.30. The summed E-state index contributed by atoms with van der Waals surface area (Å²) in [5.41, 5.74) is 0.0674. The standard InChI is InChI=1S/C14H13F3N2O2/c15-14(16,17)12-5-1-4-11(7-12)13(20)18-6-2-3-10-8-19-21-9-10/h1,4-5,7-9H,2-3,6H2,(H,18,20). The number of rotatable bonds is 5. The number of nitrogens with one attached hydrogen (secondary N) is 1. The molecule has 1 aromatic carbocycles. The minimum atomic E-state index is -4.45. The van der Waals surface area contributed by atoms with E-state index in [1.165, 1.54) is 18.4 Å². The number of aromatic nitrogens is 1. The molecule has 7 heteroatoms. The van der Waals surface area contributed by atoms with Crippen molar-refractivity contribution in [3.8, 4) is 0 Å². The van der Waals surface area contributed by atoms with Gasteiger partial charge in [0.05, 0.1) is 11.8 Å². The van der Waals surface area contributed by atoms with Crippen molar-refractivity contribution < 1.29 is 22.5 Å². The van der Waals surface area contributed by atoms with Gasteiger partial charge in [-0.1, -0.05) is 11.2 Å². The van der Waals surface area contributed by atoms with Crippen molar-refractivity contribution in [3.05, 3.63) is 53.4 Å². The van der Waals surface area contributed by atoms with Gasteiger partial charge < -0.3 is 9.84 Å². The van der Waals surface area contributed by atoms with Gasteiger partial charge in [-0.25, -0.2) is 0 Å². The second-order valence-corrected chi connectivity index (χ2v) is 4.47. The van der Waals surface area contributed by atoms with Gasteiger partial charge in [-0.05, 0) is 31.0 Å². The van der Waals surface area contributed by atoms with E-state index in [9.17, 15) is 18.0 Å². The Morgan fingerprint density at radius 1 is 1.33 bits per heavy atom. The zero-order valence-electron chi connectivity index (χ0n) is 11.0. The third kappa shape index (κ3) is 4.34. The Labute approximate surface area is 118 Å². The van der Waals surface area contributed by atoms with Gasteiger partial charge in [0.25, 0.3) is 5.91 Å². The summed E-state index contributed by atoms with van der Waals surface area (Å²) in [6.45, 7) is 0.361. The molecule has 2 aromatic rings. The fourth-order valence-corrected chi connectivity index (χ4v) is 1.78. The van der Waals surface area contributed by atoms with Crippen LogP contribution in [0.3, 0.4) is 0 Å². The Hall–Kier alpha value is -2.31. The number of hydrogen-bond donors (Lipinski definition) is 1. The Morgan fingerprint density at radius 3 is 2.81 bits per heavy atom. The van der Waals surface area contributed by atoms with E-state index in [1.54, 1.807) is 6.20 Å². The summed E-state index contributed by atoms with van der Waals surface area (Å²) < 4.78 is 42.3. The zero-order valence-corrected chi connectivity index (χ0v) is 11.0. The van der Waals surface area contributed by atoms with Crippen LogP contribution in [-0.4, -0.2) is 17.6 Å². The fraction of sp³-hybridized carbons (Fsp3) is 0.286. The molecule has 4 nitrogen and oxygen atoms in total. The van der Waals surface area contributed by atoms with Crippen LogP contribution in [0, 0.1) is 0 Å². The van der Waals surface area contributed by atoms with Gasteiger partial charge in [0.15, 0.2) is 0 Å². The average Bonchev–Trinajstić information content (AvgIpc) is 2.96. The molecule has 0 aliphatic carbocycles. The van der Waals surface area contributed by atoms with E-state index < -0.39 is 17.6 Å². The van der Waals surface area contributed by atoms with Crippen LogP contribution in [0.4, 0.5) is 13.2 Å². The molecule has 0 atom stereocenters. The quantitative estimate of drug-likeness (QED) is 0.863. The highest BCUT2D eigenvalue weighted by Crippen LogP contribution is 2.29. The molecule has 21 heavy (non-hydrogen) atoms. The summed E-state index contributed by atoms with van der Waals surface area (Å²) in [7, 11) is 0. The van der Waals surface area contributed by atoms with Crippen LogP contribution in [0.1, 0.15) is 27.9 Å². The summed E-state index contributed by atoms with van der Waals surface area (Å²) in [4.78, 5) is 11.8.